The minimum absolute atomic E-state index is 0.0489. The molecule has 1 aliphatic rings. The first-order chi connectivity index (χ1) is 9.11. The third kappa shape index (κ3) is 2.91. The largest absolute Gasteiger partial charge is 0.322 e. The summed E-state index contributed by atoms with van der Waals surface area (Å²) < 4.78 is 0. The molecule has 1 atom stereocenters. The van der Waals surface area contributed by atoms with E-state index < -0.39 is 0 Å². The second kappa shape index (κ2) is 5.53. The van der Waals surface area contributed by atoms with Gasteiger partial charge in [-0.3, -0.25) is 4.79 Å². The molecule has 1 N–H and O–H groups in total. The third-order valence-corrected chi connectivity index (χ3v) is 3.18. The number of carbonyl (C=O) groups excluding carboxylic acids is 2. The van der Waals surface area contributed by atoms with Crippen LogP contribution in [0.2, 0.25) is 0 Å². The molecule has 0 aromatic heterocycles. The van der Waals surface area contributed by atoms with Crippen molar-refractivity contribution in [2.75, 3.05) is 11.9 Å². The van der Waals surface area contributed by atoms with Gasteiger partial charge >= 0.3 is 6.03 Å². The molecular formula is C14H15N3O2. The molecule has 1 aliphatic heterocycles. The molecule has 19 heavy (non-hydrogen) atoms. The Morgan fingerprint density at radius 3 is 2.95 bits per heavy atom. The Labute approximate surface area is 111 Å². The van der Waals surface area contributed by atoms with Crippen molar-refractivity contribution in [3.8, 4) is 6.07 Å². The van der Waals surface area contributed by atoms with Crippen LogP contribution in [0.4, 0.5) is 10.5 Å². The molecule has 2 rings (SSSR count). The summed E-state index contributed by atoms with van der Waals surface area (Å²) >= 11 is 0. The molecule has 0 radical (unpaired) electrons. The number of hydrogen-bond acceptors (Lipinski definition) is 3. The van der Waals surface area contributed by atoms with Crippen molar-refractivity contribution in [3.63, 3.8) is 0 Å². The fourth-order valence-corrected chi connectivity index (χ4v) is 2.16. The summed E-state index contributed by atoms with van der Waals surface area (Å²) in [5, 5.41) is 11.7. The molecule has 0 spiro atoms. The maximum atomic E-state index is 12.0. The first-order valence-electron chi connectivity index (χ1n) is 6.20. The zero-order valence-corrected chi connectivity index (χ0v) is 10.7. The molecule has 5 heteroatoms. The fraction of sp³-hybridized carbons (Fsp3) is 0.357. The lowest BCUT2D eigenvalue weighted by molar-refractivity contribution is 0.101. The molecule has 98 valence electrons. The second-order valence-electron chi connectivity index (χ2n) is 4.55. The Hall–Kier alpha value is -2.35. The molecule has 2 amide bonds. The van der Waals surface area contributed by atoms with E-state index in [0.717, 1.165) is 12.8 Å². The van der Waals surface area contributed by atoms with Gasteiger partial charge in [-0.05, 0) is 31.9 Å². The van der Waals surface area contributed by atoms with Gasteiger partial charge in [-0.15, -0.1) is 0 Å². The van der Waals surface area contributed by atoms with E-state index in [0.29, 0.717) is 17.8 Å². The van der Waals surface area contributed by atoms with Gasteiger partial charge in [-0.25, -0.2) is 4.79 Å². The van der Waals surface area contributed by atoms with Gasteiger partial charge in [0, 0.05) is 17.8 Å². The smallest absolute Gasteiger partial charge is 0.308 e. The molecule has 0 bridgehead atoms. The maximum absolute atomic E-state index is 12.0. The number of nitrogens with zero attached hydrogens (tertiary/aromatic N) is 2. The van der Waals surface area contributed by atoms with E-state index in [2.05, 4.69) is 11.4 Å². The average molecular weight is 257 g/mol. The number of carbonyl (C=O) groups is 2. The normalized spacial score (nSPS) is 17.9. The molecule has 1 fully saturated rings. The standard InChI is InChI=1S/C14H15N3O2/c1-10(18)11-4-2-5-12(8-11)16-14(19)17-7-3-6-13(17)9-15/h2,4-5,8,13H,3,6-7H2,1H3,(H,16,19). The van der Waals surface area contributed by atoms with Crippen LogP contribution in [0.15, 0.2) is 24.3 Å². The van der Waals surface area contributed by atoms with Gasteiger partial charge in [0.05, 0.1) is 6.07 Å². The van der Waals surface area contributed by atoms with E-state index in [9.17, 15) is 9.59 Å². The number of nitrogens with one attached hydrogen (secondary N) is 1. The number of amides is 2. The molecule has 0 aliphatic carbocycles. The molecule has 1 aromatic carbocycles. The van der Waals surface area contributed by atoms with E-state index >= 15 is 0 Å². The highest BCUT2D eigenvalue weighted by atomic mass is 16.2. The van der Waals surface area contributed by atoms with Gasteiger partial charge in [-0.2, -0.15) is 5.26 Å². The summed E-state index contributed by atoms with van der Waals surface area (Å²) in [6.07, 6.45) is 1.57. The summed E-state index contributed by atoms with van der Waals surface area (Å²) in [4.78, 5) is 24.8. The summed E-state index contributed by atoms with van der Waals surface area (Å²) in [5.74, 6) is -0.0489. The van der Waals surface area contributed by atoms with E-state index in [-0.39, 0.29) is 17.9 Å². The number of benzene rings is 1. The Bertz CT molecular complexity index is 548. The summed E-state index contributed by atoms with van der Waals surface area (Å²) in [7, 11) is 0. The molecule has 1 unspecified atom stereocenters. The highest BCUT2D eigenvalue weighted by Crippen LogP contribution is 2.18. The van der Waals surface area contributed by atoms with Gasteiger partial charge in [0.25, 0.3) is 0 Å². The lowest BCUT2D eigenvalue weighted by atomic mass is 10.1. The van der Waals surface area contributed by atoms with Crippen LogP contribution in [0.25, 0.3) is 0 Å². The van der Waals surface area contributed by atoms with Crippen LogP contribution in [0.5, 0.6) is 0 Å². The number of urea groups is 1. The van der Waals surface area contributed by atoms with Crippen molar-refractivity contribution in [3.05, 3.63) is 29.8 Å². The number of rotatable bonds is 2. The summed E-state index contributed by atoms with van der Waals surface area (Å²) in [5.41, 5.74) is 1.12. The van der Waals surface area contributed by atoms with Crippen LogP contribution in [0, 0.1) is 11.3 Å². The zero-order chi connectivity index (χ0) is 13.8. The van der Waals surface area contributed by atoms with Gasteiger partial charge < -0.3 is 10.2 Å². The summed E-state index contributed by atoms with van der Waals surface area (Å²) in [6, 6.07) is 8.26. The van der Waals surface area contributed by atoms with E-state index in [1.165, 1.54) is 11.8 Å². The minimum Gasteiger partial charge on any atom is -0.308 e. The Morgan fingerprint density at radius 1 is 1.47 bits per heavy atom. The second-order valence-corrected chi connectivity index (χ2v) is 4.55. The van der Waals surface area contributed by atoms with Crippen LogP contribution in [0.3, 0.4) is 0 Å². The quantitative estimate of drug-likeness (QED) is 0.827. The SMILES string of the molecule is CC(=O)c1cccc(NC(=O)N2CCCC2C#N)c1. The zero-order valence-electron chi connectivity index (χ0n) is 10.7. The van der Waals surface area contributed by atoms with Crippen molar-refractivity contribution >= 4 is 17.5 Å². The predicted molar refractivity (Wildman–Crippen MR) is 70.8 cm³/mol. The molecule has 1 aromatic rings. The third-order valence-electron chi connectivity index (χ3n) is 3.18. The number of hydrogen-bond donors (Lipinski definition) is 1. The van der Waals surface area contributed by atoms with Crippen LogP contribution in [-0.4, -0.2) is 29.3 Å². The Balaban J connectivity index is 2.09. The predicted octanol–water partition coefficient (Wildman–Crippen LogP) is 2.41. The fourth-order valence-electron chi connectivity index (χ4n) is 2.16. The molecule has 5 nitrogen and oxygen atoms in total. The van der Waals surface area contributed by atoms with Crippen LogP contribution in [0.1, 0.15) is 30.1 Å². The minimum atomic E-state index is -0.351. The van der Waals surface area contributed by atoms with Crippen molar-refractivity contribution < 1.29 is 9.59 Å². The van der Waals surface area contributed by atoms with Gasteiger partial charge in [0.15, 0.2) is 5.78 Å². The van der Waals surface area contributed by atoms with E-state index in [1.54, 1.807) is 24.3 Å². The lowest BCUT2D eigenvalue weighted by Gasteiger charge is -2.20. The van der Waals surface area contributed by atoms with Gasteiger partial charge in [0.2, 0.25) is 0 Å². The van der Waals surface area contributed by atoms with Crippen LogP contribution < -0.4 is 5.32 Å². The topological polar surface area (TPSA) is 73.2 Å². The lowest BCUT2D eigenvalue weighted by Crippen LogP contribution is -2.37. The molecule has 1 saturated heterocycles. The van der Waals surface area contributed by atoms with Crippen molar-refractivity contribution in [1.29, 1.82) is 5.26 Å². The highest BCUT2D eigenvalue weighted by molar-refractivity contribution is 5.96. The Kier molecular flexibility index (Phi) is 3.81. The van der Waals surface area contributed by atoms with E-state index in [4.69, 9.17) is 5.26 Å². The first kappa shape index (κ1) is 13.1. The number of likely N-dealkylation sites (tertiary alicyclic amines) is 1. The first-order valence-corrected chi connectivity index (χ1v) is 6.20. The molecule has 0 saturated carbocycles. The molecule has 1 heterocycles. The monoisotopic (exact) mass is 257 g/mol. The maximum Gasteiger partial charge on any atom is 0.322 e. The number of Topliss-reactive ketones (excluding diaryl/α,β-unsaturated/α-hetero) is 1. The Morgan fingerprint density at radius 2 is 2.26 bits per heavy atom. The highest BCUT2D eigenvalue weighted by Gasteiger charge is 2.28. The van der Waals surface area contributed by atoms with Crippen molar-refractivity contribution in [1.82, 2.24) is 4.90 Å². The van der Waals surface area contributed by atoms with Crippen molar-refractivity contribution in [2.24, 2.45) is 0 Å². The number of nitriles is 1. The molecular weight excluding hydrogens is 242 g/mol. The number of anilines is 1. The average Bonchev–Trinajstić information content (AvgIpc) is 2.87. The van der Waals surface area contributed by atoms with Crippen LogP contribution >= 0.6 is 0 Å². The summed E-state index contributed by atoms with van der Waals surface area (Å²) in [6.45, 7) is 2.07. The van der Waals surface area contributed by atoms with Crippen molar-refractivity contribution in [2.45, 2.75) is 25.8 Å². The van der Waals surface area contributed by atoms with Crippen LogP contribution in [-0.2, 0) is 0 Å². The number of ketones is 1. The van der Waals surface area contributed by atoms with Gasteiger partial charge in [-0.1, -0.05) is 12.1 Å². The van der Waals surface area contributed by atoms with Gasteiger partial charge in [0.1, 0.15) is 6.04 Å². The van der Waals surface area contributed by atoms with E-state index in [1.807, 2.05) is 0 Å².